The molecule has 1 fully saturated rings. The van der Waals surface area contributed by atoms with Crippen molar-refractivity contribution in [2.45, 2.75) is 32.0 Å². The van der Waals surface area contributed by atoms with Gasteiger partial charge >= 0.3 is 0 Å². The van der Waals surface area contributed by atoms with E-state index in [9.17, 15) is 19.1 Å². The second-order valence-electron chi connectivity index (χ2n) is 8.88. The van der Waals surface area contributed by atoms with Crippen LogP contribution in [0, 0.1) is 6.92 Å². The SMILES string of the molecule is Cc1cc2cccc(C(=O)N3CCc4nn(C)c(C(=O)N5CCC(F)(CO)C5)c4C3)c2[nH]1. The van der Waals surface area contributed by atoms with Crippen molar-refractivity contribution in [1.82, 2.24) is 24.6 Å². The molecule has 1 aromatic carbocycles. The van der Waals surface area contributed by atoms with Gasteiger partial charge in [0.1, 0.15) is 5.69 Å². The molecule has 3 aromatic rings. The first kappa shape index (κ1) is 20.7. The number of aromatic nitrogens is 3. The molecule has 0 radical (unpaired) electrons. The van der Waals surface area contributed by atoms with Gasteiger partial charge in [-0.25, -0.2) is 4.39 Å². The molecule has 1 saturated heterocycles. The maximum Gasteiger partial charge on any atom is 0.272 e. The van der Waals surface area contributed by atoms with Crippen LogP contribution in [-0.4, -0.2) is 73.4 Å². The van der Waals surface area contributed by atoms with Crippen molar-refractivity contribution in [2.75, 3.05) is 26.2 Å². The first-order valence-electron chi connectivity index (χ1n) is 10.8. The smallest absolute Gasteiger partial charge is 0.272 e. The number of benzene rings is 1. The average molecular weight is 439 g/mol. The van der Waals surface area contributed by atoms with Gasteiger partial charge in [0.15, 0.2) is 5.67 Å². The minimum atomic E-state index is -1.76. The van der Waals surface area contributed by atoms with Gasteiger partial charge < -0.3 is 19.9 Å². The molecule has 2 aliphatic heterocycles. The quantitative estimate of drug-likeness (QED) is 0.652. The third-order valence-corrected chi connectivity index (χ3v) is 6.58. The molecule has 0 saturated carbocycles. The summed E-state index contributed by atoms with van der Waals surface area (Å²) >= 11 is 0. The molecule has 0 bridgehead atoms. The first-order valence-corrected chi connectivity index (χ1v) is 10.8. The number of carbonyl (C=O) groups is 2. The van der Waals surface area contributed by atoms with Crippen LogP contribution < -0.4 is 0 Å². The third-order valence-electron chi connectivity index (χ3n) is 6.58. The number of hydrogen-bond donors (Lipinski definition) is 2. The zero-order chi connectivity index (χ0) is 22.6. The van der Waals surface area contributed by atoms with Gasteiger partial charge in [0.2, 0.25) is 0 Å². The predicted octanol–water partition coefficient (Wildman–Crippen LogP) is 1.95. The fourth-order valence-electron chi connectivity index (χ4n) is 4.87. The number of aliphatic hydroxyl groups is 1. The number of amides is 2. The topological polar surface area (TPSA) is 94.5 Å². The number of aryl methyl sites for hydroxylation is 2. The molecule has 32 heavy (non-hydrogen) atoms. The largest absolute Gasteiger partial charge is 0.393 e. The van der Waals surface area contributed by atoms with Crippen molar-refractivity contribution in [3.05, 3.63) is 52.5 Å². The van der Waals surface area contributed by atoms with Crippen LogP contribution >= 0.6 is 0 Å². The number of para-hydroxylation sites is 1. The Morgan fingerprint density at radius 3 is 2.81 bits per heavy atom. The van der Waals surface area contributed by atoms with Gasteiger partial charge in [-0.1, -0.05) is 12.1 Å². The molecule has 1 atom stereocenters. The summed E-state index contributed by atoms with van der Waals surface area (Å²) in [6.45, 7) is 2.23. The van der Waals surface area contributed by atoms with Gasteiger partial charge in [0, 0.05) is 49.6 Å². The summed E-state index contributed by atoms with van der Waals surface area (Å²) in [4.78, 5) is 33.1. The van der Waals surface area contributed by atoms with Crippen LogP contribution in [0.25, 0.3) is 10.9 Å². The second-order valence-corrected chi connectivity index (χ2v) is 8.88. The van der Waals surface area contributed by atoms with E-state index in [4.69, 9.17) is 0 Å². The number of aromatic amines is 1. The van der Waals surface area contributed by atoms with Crippen molar-refractivity contribution >= 4 is 22.7 Å². The van der Waals surface area contributed by atoms with Gasteiger partial charge in [-0.05, 0) is 19.1 Å². The van der Waals surface area contributed by atoms with E-state index in [0.29, 0.717) is 29.8 Å². The highest BCUT2D eigenvalue weighted by Gasteiger charge is 2.42. The maximum absolute atomic E-state index is 14.5. The Labute approximate surface area is 184 Å². The van der Waals surface area contributed by atoms with E-state index < -0.39 is 12.3 Å². The molecular formula is C23H26FN5O3. The lowest BCUT2D eigenvalue weighted by Gasteiger charge is -2.28. The molecule has 0 aliphatic carbocycles. The van der Waals surface area contributed by atoms with E-state index in [1.807, 2.05) is 31.2 Å². The van der Waals surface area contributed by atoms with Crippen LogP contribution in [0.15, 0.2) is 24.3 Å². The van der Waals surface area contributed by atoms with E-state index >= 15 is 0 Å². The molecular weight excluding hydrogens is 413 g/mol. The van der Waals surface area contributed by atoms with Gasteiger partial charge in [-0.2, -0.15) is 5.10 Å². The van der Waals surface area contributed by atoms with Crippen LogP contribution in [0.3, 0.4) is 0 Å². The van der Waals surface area contributed by atoms with Gasteiger partial charge in [0.05, 0.1) is 36.5 Å². The number of nitrogens with zero attached hydrogens (tertiary/aromatic N) is 4. The van der Waals surface area contributed by atoms with Crippen LogP contribution in [0.2, 0.25) is 0 Å². The highest BCUT2D eigenvalue weighted by Crippen LogP contribution is 2.30. The Kier molecular flexibility index (Phi) is 4.81. The zero-order valence-electron chi connectivity index (χ0n) is 18.2. The van der Waals surface area contributed by atoms with Crippen LogP contribution in [0.4, 0.5) is 4.39 Å². The number of alkyl halides is 1. The number of carbonyl (C=O) groups excluding carboxylic acids is 2. The maximum atomic E-state index is 14.5. The van der Waals surface area contributed by atoms with Crippen molar-refractivity contribution in [3.8, 4) is 0 Å². The molecule has 2 aliphatic rings. The van der Waals surface area contributed by atoms with Crippen LogP contribution in [0.5, 0.6) is 0 Å². The molecule has 1 unspecified atom stereocenters. The van der Waals surface area contributed by atoms with E-state index in [1.165, 1.54) is 9.58 Å². The lowest BCUT2D eigenvalue weighted by molar-refractivity contribution is 0.0619. The molecule has 9 heteroatoms. The summed E-state index contributed by atoms with van der Waals surface area (Å²) in [6.07, 6.45) is 0.658. The summed E-state index contributed by atoms with van der Waals surface area (Å²) in [7, 11) is 1.70. The van der Waals surface area contributed by atoms with Crippen molar-refractivity contribution in [1.29, 1.82) is 0 Å². The number of halogens is 1. The van der Waals surface area contributed by atoms with Gasteiger partial charge in [-0.3, -0.25) is 14.3 Å². The van der Waals surface area contributed by atoms with E-state index in [1.54, 1.807) is 11.9 Å². The number of fused-ring (bicyclic) bond motifs is 2. The molecule has 8 nitrogen and oxygen atoms in total. The van der Waals surface area contributed by atoms with E-state index in [0.717, 1.165) is 22.3 Å². The molecule has 2 amide bonds. The predicted molar refractivity (Wildman–Crippen MR) is 116 cm³/mol. The fourth-order valence-corrected chi connectivity index (χ4v) is 4.87. The van der Waals surface area contributed by atoms with E-state index in [2.05, 4.69) is 10.1 Å². The first-order chi connectivity index (χ1) is 15.3. The number of likely N-dealkylation sites (tertiary alicyclic amines) is 1. The Morgan fingerprint density at radius 1 is 1.25 bits per heavy atom. The summed E-state index contributed by atoms with van der Waals surface area (Å²) in [6, 6.07) is 7.65. The van der Waals surface area contributed by atoms with E-state index in [-0.39, 0.29) is 37.9 Å². The molecule has 2 N–H and O–H groups in total. The molecule has 168 valence electrons. The Balaban J connectivity index is 1.44. The molecule has 5 rings (SSSR count). The third kappa shape index (κ3) is 3.28. The molecule has 2 aromatic heterocycles. The average Bonchev–Trinajstić information content (AvgIpc) is 3.45. The second kappa shape index (κ2) is 7.44. The number of nitrogens with one attached hydrogen (secondary N) is 1. The lowest BCUT2D eigenvalue weighted by atomic mass is 10.0. The summed E-state index contributed by atoms with van der Waals surface area (Å²) in [5.41, 5.74) is 2.52. The summed E-state index contributed by atoms with van der Waals surface area (Å²) < 4.78 is 16.0. The number of aliphatic hydroxyl groups excluding tert-OH is 1. The Bertz CT molecular complexity index is 1230. The number of hydrogen-bond acceptors (Lipinski definition) is 4. The molecule has 0 spiro atoms. The highest BCUT2D eigenvalue weighted by molar-refractivity contribution is 6.06. The number of H-pyrrole nitrogens is 1. The van der Waals surface area contributed by atoms with Crippen molar-refractivity contribution in [2.24, 2.45) is 7.05 Å². The Morgan fingerprint density at radius 2 is 2.06 bits per heavy atom. The fraction of sp³-hybridized carbons (Fsp3) is 0.435. The van der Waals surface area contributed by atoms with Gasteiger partial charge in [-0.15, -0.1) is 0 Å². The highest BCUT2D eigenvalue weighted by atomic mass is 19.1. The zero-order valence-corrected chi connectivity index (χ0v) is 18.2. The minimum Gasteiger partial charge on any atom is -0.393 e. The lowest BCUT2D eigenvalue weighted by Crippen LogP contribution is -2.39. The van der Waals surface area contributed by atoms with Crippen molar-refractivity contribution < 1.29 is 19.1 Å². The normalized spacial score (nSPS) is 20.8. The molecule has 4 heterocycles. The summed E-state index contributed by atoms with van der Waals surface area (Å²) in [5, 5.41) is 14.8. The minimum absolute atomic E-state index is 0.102. The van der Waals surface area contributed by atoms with Crippen LogP contribution in [-0.2, 0) is 20.0 Å². The van der Waals surface area contributed by atoms with Crippen LogP contribution in [0.1, 0.15) is 44.2 Å². The van der Waals surface area contributed by atoms with Gasteiger partial charge in [0.25, 0.3) is 11.8 Å². The number of rotatable bonds is 3. The Hall–Kier alpha value is -3.20. The standard InChI is InChI=1S/C23H26FN5O3/c1-14-10-15-4-3-5-16(19(15)25-14)21(31)28-8-6-18-17(11-28)20(27(2)26-18)22(32)29-9-7-23(24,12-29)13-30/h3-5,10,25,30H,6-9,11-13H2,1-2H3. The van der Waals surface area contributed by atoms with Crippen molar-refractivity contribution in [3.63, 3.8) is 0 Å². The summed E-state index contributed by atoms with van der Waals surface area (Å²) in [5.74, 6) is -0.416. The monoisotopic (exact) mass is 439 g/mol.